The molecule has 0 aromatic rings. The van der Waals surface area contributed by atoms with E-state index >= 15 is 0 Å². The highest BCUT2D eigenvalue weighted by Crippen LogP contribution is 2.07. The molecule has 0 fully saturated rings. The predicted molar refractivity (Wildman–Crippen MR) is 60.3 cm³/mol. The van der Waals surface area contributed by atoms with Crippen molar-refractivity contribution in [3.63, 3.8) is 0 Å². The molecule has 0 nitrogen and oxygen atoms in total. The van der Waals surface area contributed by atoms with E-state index in [1.807, 2.05) is 34.7 Å². The molecular formula is C13H17FI+. The third kappa shape index (κ3) is 5.92. The van der Waals surface area contributed by atoms with Crippen molar-refractivity contribution >= 4 is 0 Å². The van der Waals surface area contributed by atoms with E-state index in [1.54, 1.807) is 6.08 Å². The van der Waals surface area contributed by atoms with E-state index in [-0.39, 0.29) is 0 Å². The van der Waals surface area contributed by atoms with E-state index in [0.29, 0.717) is 6.42 Å². The fourth-order valence-corrected chi connectivity index (χ4v) is 1.82. The molecule has 0 saturated heterocycles. The van der Waals surface area contributed by atoms with Crippen LogP contribution in [0.15, 0.2) is 45.6 Å². The zero-order valence-electron chi connectivity index (χ0n) is 8.95. The minimum atomic E-state index is -0.736. The maximum atomic E-state index is 12.2. The highest BCUT2D eigenvalue weighted by Gasteiger charge is 2.07. The van der Waals surface area contributed by atoms with Crippen molar-refractivity contribution in [2.45, 2.75) is 32.4 Å². The summed E-state index contributed by atoms with van der Waals surface area (Å²) < 4.78 is 13.4. The fraction of sp³-hybridized carbons (Fsp3) is 0.385. The first-order valence-electron chi connectivity index (χ1n) is 5.21. The topological polar surface area (TPSA) is 0 Å². The number of hydrogen-bond acceptors (Lipinski definition) is 0. The monoisotopic (exact) mass is 319 g/mol. The maximum Gasteiger partial charge on any atom is 0.296 e. The SMILES string of the molecule is CC1=CCCC=C1.FC1C=CC([IH+])=CC1. The summed E-state index contributed by atoms with van der Waals surface area (Å²) in [6.45, 7) is 2.13. The summed E-state index contributed by atoms with van der Waals surface area (Å²) in [6, 6.07) is 0. The van der Waals surface area contributed by atoms with Crippen LogP contribution >= 0.6 is 0 Å². The van der Waals surface area contributed by atoms with Crippen molar-refractivity contribution < 1.29 is 27.0 Å². The van der Waals surface area contributed by atoms with Crippen LogP contribution in [0.4, 0.5) is 4.39 Å². The quantitative estimate of drug-likeness (QED) is 0.578. The van der Waals surface area contributed by atoms with Crippen LogP contribution in [0.5, 0.6) is 0 Å². The first-order valence-corrected chi connectivity index (χ1v) is 6.38. The molecule has 15 heavy (non-hydrogen) atoms. The molecule has 0 spiro atoms. The molecular weight excluding hydrogens is 302 g/mol. The van der Waals surface area contributed by atoms with Gasteiger partial charge in [0.15, 0.2) is 3.58 Å². The first kappa shape index (κ1) is 12.7. The van der Waals surface area contributed by atoms with E-state index in [9.17, 15) is 4.39 Å². The molecule has 2 aliphatic carbocycles. The standard InChI is InChI=1S/C7H10.C6H7FI/c1-7-5-3-2-4-6-7;7-5-1-3-6(8)4-2-5/h3,5-6H,2,4H2,1H3;1,3-5,8H,2H2/q;+1. The molecule has 0 aliphatic heterocycles. The van der Waals surface area contributed by atoms with Gasteiger partial charge < -0.3 is 0 Å². The number of halogens is 2. The smallest absolute Gasteiger partial charge is 0.243 e. The molecule has 0 saturated carbocycles. The lowest BCUT2D eigenvalue weighted by molar-refractivity contribution is -0.295. The summed E-state index contributed by atoms with van der Waals surface area (Å²) in [7, 11) is 0. The van der Waals surface area contributed by atoms with E-state index < -0.39 is 6.17 Å². The average molecular weight is 319 g/mol. The minimum Gasteiger partial charge on any atom is -0.243 e. The Balaban J connectivity index is 0.000000151. The Labute approximate surface area is 105 Å². The Kier molecular flexibility index (Phi) is 5.91. The number of alkyl halides is 1. The van der Waals surface area contributed by atoms with Gasteiger partial charge in [0.05, 0.1) is 0 Å². The van der Waals surface area contributed by atoms with E-state index in [0.717, 1.165) is 0 Å². The van der Waals surface area contributed by atoms with Crippen LogP contribution in [-0.4, -0.2) is 6.17 Å². The summed E-state index contributed by atoms with van der Waals surface area (Å²) in [5, 5.41) is 0. The minimum absolute atomic E-state index is 0.560. The van der Waals surface area contributed by atoms with Crippen LogP contribution in [0.1, 0.15) is 26.2 Å². The largest absolute Gasteiger partial charge is 0.296 e. The summed E-state index contributed by atoms with van der Waals surface area (Å²) in [4.78, 5) is 0. The highest BCUT2D eigenvalue weighted by molar-refractivity contribution is 5.19. The number of rotatable bonds is 0. The highest BCUT2D eigenvalue weighted by atomic mass is 127. The van der Waals surface area contributed by atoms with Crippen molar-refractivity contribution in [3.8, 4) is 0 Å². The lowest BCUT2D eigenvalue weighted by Crippen LogP contribution is -3.33. The lowest BCUT2D eigenvalue weighted by atomic mass is 10.1. The third-order valence-corrected chi connectivity index (χ3v) is 3.06. The Morgan fingerprint density at radius 1 is 1.27 bits per heavy atom. The van der Waals surface area contributed by atoms with Crippen molar-refractivity contribution in [1.82, 2.24) is 0 Å². The van der Waals surface area contributed by atoms with Crippen LogP contribution < -0.4 is 22.6 Å². The van der Waals surface area contributed by atoms with Crippen molar-refractivity contribution in [3.05, 3.63) is 45.6 Å². The molecule has 0 amide bonds. The van der Waals surface area contributed by atoms with Crippen LogP contribution in [0, 0.1) is 0 Å². The van der Waals surface area contributed by atoms with Gasteiger partial charge in [-0.1, -0.05) is 23.8 Å². The van der Waals surface area contributed by atoms with Gasteiger partial charge in [-0.25, -0.2) is 4.39 Å². The maximum absolute atomic E-state index is 12.2. The summed E-state index contributed by atoms with van der Waals surface area (Å²) in [5.41, 5.74) is 1.41. The Morgan fingerprint density at radius 2 is 2.07 bits per heavy atom. The third-order valence-electron chi connectivity index (χ3n) is 2.19. The molecule has 2 heteroatoms. The van der Waals surface area contributed by atoms with Crippen molar-refractivity contribution in [2.75, 3.05) is 0 Å². The second-order valence-corrected chi connectivity index (χ2v) is 4.99. The fourth-order valence-electron chi connectivity index (χ4n) is 1.32. The second kappa shape index (κ2) is 6.99. The van der Waals surface area contributed by atoms with Gasteiger partial charge in [-0.2, -0.15) is 0 Å². The Hall–Kier alpha value is -0.380. The number of allylic oxidation sites excluding steroid dienone is 8. The van der Waals surface area contributed by atoms with Gasteiger partial charge in [-0.15, -0.1) is 0 Å². The van der Waals surface area contributed by atoms with Crippen LogP contribution in [0.3, 0.4) is 0 Å². The predicted octanol–water partition coefficient (Wildman–Crippen LogP) is 0.737. The molecule has 0 bridgehead atoms. The zero-order valence-corrected chi connectivity index (χ0v) is 11.3. The molecule has 1 unspecified atom stereocenters. The van der Waals surface area contributed by atoms with Gasteiger partial charge in [-0.3, -0.25) is 0 Å². The molecule has 2 rings (SSSR count). The first-order chi connectivity index (χ1) is 7.18. The summed E-state index contributed by atoms with van der Waals surface area (Å²) in [5.74, 6) is 0. The Bertz CT molecular complexity index is 310. The molecule has 2 aliphatic rings. The van der Waals surface area contributed by atoms with Crippen LogP contribution in [0.25, 0.3) is 0 Å². The molecule has 82 valence electrons. The number of hydrogen-bond donors (Lipinski definition) is 0. The molecule has 0 radical (unpaired) electrons. The van der Waals surface area contributed by atoms with Crippen LogP contribution in [-0.2, 0) is 0 Å². The molecule has 0 N–H and O–H groups in total. The van der Waals surface area contributed by atoms with Gasteiger partial charge in [-0.05, 0) is 38.0 Å². The Morgan fingerprint density at radius 3 is 2.40 bits per heavy atom. The van der Waals surface area contributed by atoms with Gasteiger partial charge in [0, 0.05) is 6.42 Å². The lowest BCUT2D eigenvalue weighted by Gasteiger charge is -1.98. The van der Waals surface area contributed by atoms with E-state index in [4.69, 9.17) is 0 Å². The summed E-state index contributed by atoms with van der Waals surface area (Å²) >= 11 is 1.91. The molecule has 1 atom stereocenters. The summed E-state index contributed by atoms with van der Waals surface area (Å²) in [6.07, 6.45) is 14.3. The van der Waals surface area contributed by atoms with E-state index in [1.165, 1.54) is 22.0 Å². The van der Waals surface area contributed by atoms with Gasteiger partial charge in [0.1, 0.15) is 6.17 Å². The van der Waals surface area contributed by atoms with Crippen molar-refractivity contribution in [1.29, 1.82) is 0 Å². The van der Waals surface area contributed by atoms with E-state index in [2.05, 4.69) is 25.2 Å². The van der Waals surface area contributed by atoms with Gasteiger partial charge in [0.2, 0.25) is 0 Å². The molecule has 0 aromatic heterocycles. The van der Waals surface area contributed by atoms with Crippen molar-refractivity contribution in [2.24, 2.45) is 0 Å². The molecule has 0 aromatic carbocycles. The average Bonchev–Trinajstić information content (AvgIpc) is 2.25. The zero-order chi connectivity index (χ0) is 11.1. The van der Waals surface area contributed by atoms with Gasteiger partial charge in [0.25, 0.3) is 22.6 Å². The normalized spacial score (nSPS) is 23.8. The van der Waals surface area contributed by atoms with Crippen LogP contribution in [0.2, 0.25) is 0 Å². The molecule has 0 heterocycles. The second-order valence-electron chi connectivity index (χ2n) is 3.65. The van der Waals surface area contributed by atoms with Gasteiger partial charge >= 0.3 is 0 Å².